The van der Waals surface area contributed by atoms with Crippen molar-refractivity contribution in [3.63, 3.8) is 0 Å². The minimum Gasteiger partial charge on any atom is -0.497 e. The van der Waals surface area contributed by atoms with Gasteiger partial charge in [-0.05, 0) is 23.6 Å². The first-order chi connectivity index (χ1) is 10.7. The van der Waals surface area contributed by atoms with Gasteiger partial charge in [-0.3, -0.25) is 0 Å². The standard InChI is InChI=1S/C17H24O5/c1-11(2)14-15(16-17(22-14)20-8-7-19-16)21-10-12-5-4-6-13(9-12)18-3/h4-6,9,11,14-17H,7-8,10H2,1-3H3/t14-,15+,16-,17+/m1/s1. The fraction of sp³-hybridized carbons (Fsp3) is 0.647. The maximum atomic E-state index is 6.15. The Kier molecular flexibility index (Phi) is 4.98. The van der Waals surface area contributed by atoms with E-state index in [0.29, 0.717) is 25.7 Å². The van der Waals surface area contributed by atoms with E-state index in [-0.39, 0.29) is 24.6 Å². The van der Waals surface area contributed by atoms with E-state index in [0.717, 1.165) is 11.3 Å². The zero-order valence-corrected chi connectivity index (χ0v) is 13.4. The fourth-order valence-corrected chi connectivity index (χ4v) is 2.99. The molecule has 2 saturated heterocycles. The van der Waals surface area contributed by atoms with Crippen LogP contribution >= 0.6 is 0 Å². The Morgan fingerprint density at radius 1 is 1.23 bits per heavy atom. The lowest BCUT2D eigenvalue weighted by molar-refractivity contribution is -0.223. The largest absolute Gasteiger partial charge is 0.497 e. The van der Waals surface area contributed by atoms with Crippen molar-refractivity contribution in [2.45, 2.75) is 45.1 Å². The van der Waals surface area contributed by atoms with Gasteiger partial charge < -0.3 is 23.7 Å². The second-order valence-electron chi connectivity index (χ2n) is 6.05. The molecule has 0 aliphatic carbocycles. The Hall–Kier alpha value is -1.14. The van der Waals surface area contributed by atoms with Crippen LogP contribution in [-0.4, -0.2) is 44.9 Å². The average Bonchev–Trinajstić information content (AvgIpc) is 2.92. The summed E-state index contributed by atoms with van der Waals surface area (Å²) in [6.07, 6.45) is -0.585. The van der Waals surface area contributed by atoms with Crippen molar-refractivity contribution in [2.24, 2.45) is 5.92 Å². The molecule has 0 N–H and O–H groups in total. The maximum absolute atomic E-state index is 6.15. The summed E-state index contributed by atoms with van der Waals surface area (Å²) < 4.78 is 28.9. The molecule has 2 aliphatic heterocycles. The van der Waals surface area contributed by atoms with Gasteiger partial charge in [0.15, 0.2) is 6.29 Å². The Morgan fingerprint density at radius 3 is 2.82 bits per heavy atom. The van der Waals surface area contributed by atoms with E-state index >= 15 is 0 Å². The van der Waals surface area contributed by atoms with Crippen LogP contribution in [0.4, 0.5) is 0 Å². The summed E-state index contributed by atoms with van der Waals surface area (Å²) in [6.45, 7) is 5.93. The van der Waals surface area contributed by atoms with Gasteiger partial charge in [-0.25, -0.2) is 0 Å². The molecule has 0 saturated carbocycles. The van der Waals surface area contributed by atoms with Crippen LogP contribution in [-0.2, 0) is 25.6 Å². The molecule has 22 heavy (non-hydrogen) atoms. The lowest BCUT2D eigenvalue weighted by Crippen LogP contribution is -2.43. The quantitative estimate of drug-likeness (QED) is 0.836. The van der Waals surface area contributed by atoms with Gasteiger partial charge in [0, 0.05) is 0 Å². The normalized spacial score (nSPS) is 31.3. The molecule has 0 radical (unpaired) electrons. The number of hydrogen-bond acceptors (Lipinski definition) is 5. The zero-order chi connectivity index (χ0) is 15.5. The van der Waals surface area contributed by atoms with Crippen LogP contribution in [0.25, 0.3) is 0 Å². The smallest absolute Gasteiger partial charge is 0.186 e. The van der Waals surface area contributed by atoms with Gasteiger partial charge in [-0.2, -0.15) is 0 Å². The topological polar surface area (TPSA) is 46.2 Å². The van der Waals surface area contributed by atoms with Gasteiger partial charge in [0.2, 0.25) is 0 Å². The third-order valence-corrected chi connectivity index (χ3v) is 4.12. The number of methoxy groups -OCH3 is 1. The van der Waals surface area contributed by atoms with Crippen molar-refractivity contribution in [1.82, 2.24) is 0 Å². The van der Waals surface area contributed by atoms with Crippen LogP contribution in [0.15, 0.2) is 24.3 Å². The van der Waals surface area contributed by atoms with Crippen LogP contribution in [0.2, 0.25) is 0 Å². The molecule has 4 atom stereocenters. The number of benzene rings is 1. The van der Waals surface area contributed by atoms with E-state index < -0.39 is 0 Å². The van der Waals surface area contributed by atoms with Crippen molar-refractivity contribution >= 4 is 0 Å². The van der Waals surface area contributed by atoms with Crippen molar-refractivity contribution in [3.05, 3.63) is 29.8 Å². The van der Waals surface area contributed by atoms with Gasteiger partial charge >= 0.3 is 0 Å². The molecule has 3 rings (SSSR count). The third-order valence-electron chi connectivity index (χ3n) is 4.12. The molecule has 0 bridgehead atoms. The van der Waals surface area contributed by atoms with E-state index in [1.807, 2.05) is 24.3 Å². The van der Waals surface area contributed by atoms with Crippen LogP contribution in [0.3, 0.4) is 0 Å². The van der Waals surface area contributed by atoms with Gasteiger partial charge in [0.1, 0.15) is 18.0 Å². The molecule has 2 aliphatic rings. The first kappa shape index (κ1) is 15.7. The van der Waals surface area contributed by atoms with Crippen LogP contribution in [0.5, 0.6) is 5.75 Å². The van der Waals surface area contributed by atoms with Crippen molar-refractivity contribution < 1.29 is 23.7 Å². The Labute approximate surface area is 131 Å². The Bertz CT molecular complexity index is 488. The predicted molar refractivity (Wildman–Crippen MR) is 80.8 cm³/mol. The summed E-state index contributed by atoms with van der Waals surface area (Å²) >= 11 is 0. The molecule has 2 heterocycles. The summed E-state index contributed by atoms with van der Waals surface area (Å²) in [4.78, 5) is 0. The molecule has 0 unspecified atom stereocenters. The Morgan fingerprint density at radius 2 is 2.05 bits per heavy atom. The van der Waals surface area contributed by atoms with Crippen molar-refractivity contribution in [2.75, 3.05) is 20.3 Å². The average molecular weight is 308 g/mol. The maximum Gasteiger partial charge on any atom is 0.186 e. The van der Waals surface area contributed by atoms with Crippen LogP contribution in [0.1, 0.15) is 19.4 Å². The minimum absolute atomic E-state index is 0.0151. The molecule has 1 aromatic carbocycles. The van der Waals surface area contributed by atoms with Crippen LogP contribution in [0, 0.1) is 5.92 Å². The number of rotatable bonds is 5. The summed E-state index contributed by atoms with van der Waals surface area (Å²) in [5.74, 6) is 1.17. The predicted octanol–water partition coefficient (Wildman–Crippen LogP) is 2.38. The fourth-order valence-electron chi connectivity index (χ4n) is 2.99. The molecule has 1 aromatic rings. The van der Waals surface area contributed by atoms with E-state index in [1.54, 1.807) is 7.11 Å². The summed E-state index contributed by atoms with van der Waals surface area (Å²) in [6, 6.07) is 7.90. The summed E-state index contributed by atoms with van der Waals surface area (Å²) in [5, 5.41) is 0. The van der Waals surface area contributed by atoms with Crippen molar-refractivity contribution in [1.29, 1.82) is 0 Å². The van der Waals surface area contributed by atoms with Crippen molar-refractivity contribution in [3.8, 4) is 5.75 Å². The summed E-state index contributed by atoms with van der Waals surface area (Å²) in [5.41, 5.74) is 1.07. The molecule has 0 aromatic heterocycles. The molecular weight excluding hydrogens is 284 g/mol. The van der Waals surface area contributed by atoms with Gasteiger partial charge in [0.05, 0.1) is 33.0 Å². The lowest BCUT2D eigenvalue weighted by Gasteiger charge is -2.28. The first-order valence-corrected chi connectivity index (χ1v) is 7.82. The SMILES string of the molecule is COc1cccc(CO[C@@H]2[C@H]3OCCO[C@H]3O[C@@H]2C(C)C)c1. The highest BCUT2D eigenvalue weighted by molar-refractivity contribution is 5.27. The highest BCUT2D eigenvalue weighted by Crippen LogP contribution is 2.33. The highest BCUT2D eigenvalue weighted by atomic mass is 16.7. The van der Waals surface area contributed by atoms with Gasteiger partial charge in [-0.15, -0.1) is 0 Å². The first-order valence-electron chi connectivity index (χ1n) is 7.82. The molecular formula is C17H24O5. The second kappa shape index (κ2) is 6.96. The zero-order valence-electron chi connectivity index (χ0n) is 13.4. The molecule has 5 heteroatoms. The lowest BCUT2D eigenvalue weighted by atomic mass is 10.00. The second-order valence-corrected chi connectivity index (χ2v) is 6.05. The van der Waals surface area contributed by atoms with E-state index in [9.17, 15) is 0 Å². The third kappa shape index (κ3) is 3.27. The number of ether oxygens (including phenoxy) is 5. The molecule has 0 amide bonds. The molecule has 0 spiro atoms. The van der Waals surface area contributed by atoms with Gasteiger partial charge in [-0.1, -0.05) is 26.0 Å². The van der Waals surface area contributed by atoms with Gasteiger partial charge in [0.25, 0.3) is 0 Å². The Balaban J connectivity index is 1.68. The minimum atomic E-state index is -0.309. The number of fused-ring (bicyclic) bond motifs is 1. The highest BCUT2D eigenvalue weighted by Gasteiger charge is 2.49. The van der Waals surface area contributed by atoms with E-state index in [4.69, 9.17) is 23.7 Å². The van der Waals surface area contributed by atoms with E-state index in [2.05, 4.69) is 13.8 Å². The monoisotopic (exact) mass is 308 g/mol. The molecule has 5 nitrogen and oxygen atoms in total. The van der Waals surface area contributed by atoms with E-state index in [1.165, 1.54) is 0 Å². The number of hydrogen-bond donors (Lipinski definition) is 0. The molecule has 122 valence electrons. The summed E-state index contributed by atoms with van der Waals surface area (Å²) in [7, 11) is 1.66. The molecule has 2 fully saturated rings. The van der Waals surface area contributed by atoms with Crippen LogP contribution < -0.4 is 4.74 Å².